The van der Waals surface area contributed by atoms with E-state index in [1.165, 1.54) is 0 Å². The van der Waals surface area contributed by atoms with Crippen LogP contribution in [0, 0.1) is 17.2 Å². The maximum Gasteiger partial charge on any atom is 0.216 e. The van der Waals surface area contributed by atoms with Crippen LogP contribution in [0.1, 0.15) is 0 Å². The maximum absolute atomic E-state index is 11.6. The number of rotatable bonds is 5. The first-order valence-electron chi connectivity index (χ1n) is 4.28. The Kier molecular flexibility index (Phi) is 4.04. The van der Waals surface area contributed by atoms with E-state index in [9.17, 15) is 4.79 Å². The number of aromatic amines is 1. The Morgan fingerprint density at radius 3 is 2.94 bits per heavy atom. The summed E-state index contributed by atoms with van der Waals surface area (Å²) in [6.07, 6.45) is 0. The van der Waals surface area contributed by atoms with E-state index in [2.05, 4.69) is 27.5 Å². The summed E-state index contributed by atoms with van der Waals surface area (Å²) in [5, 5.41) is 15.3. The van der Waals surface area contributed by atoms with Gasteiger partial charge in [0, 0.05) is 0 Å². The minimum absolute atomic E-state index is 0.0874. The molecule has 0 amide bonds. The number of hydrogen-bond acceptors (Lipinski definition) is 6. The molecule has 8 heteroatoms. The molecular weight excluding hydrogens is 228 g/mol. The molecule has 84 valence electrons. The predicted octanol–water partition coefficient (Wildman–Crippen LogP) is -1.06. The van der Waals surface area contributed by atoms with Gasteiger partial charge in [0.2, 0.25) is 11.1 Å². The van der Waals surface area contributed by atoms with Crippen molar-refractivity contribution in [1.29, 1.82) is 5.26 Å². The lowest BCUT2D eigenvalue weighted by molar-refractivity contribution is -0.309. The molecule has 16 heavy (non-hydrogen) atoms. The third kappa shape index (κ3) is 3.08. The van der Waals surface area contributed by atoms with Crippen LogP contribution in [-0.2, 0) is 4.79 Å². The Bertz CT molecular complexity index is 448. The number of Topliss-reactive ketones (excluding diaryl/α,β-unsaturated/α-hetero) is 1. The zero-order valence-corrected chi connectivity index (χ0v) is 9.25. The summed E-state index contributed by atoms with van der Waals surface area (Å²) in [5.74, 6) is -0.864. The number of carbonyl (C=O) groups is 1. The van der Waals surface area contributed by atoms with Crippen LogP contribution in [0.3, 0.4) is 0 Å². The Balaban J connectivity index is 2.53. The molecule has 0 bridgehead atoms. The second-order valence-corrected chi connectivity index (χ2v) is 3.92. The van der Waals surface area contributed by atoms with E-state index in [4.69, 9.17) is 11.0 Å². The van der Waals surface area contributed by atoms with Gasteiger partial charge in [0.1, 0.15) is 5.70 Å². The van der Waals surface area contributed by atoms with Gasteiger partial charge in [0.25, 0.3) is 0 Å². The third-order valence-electron chi connectivity index (χ3n) is 1.69. The number of hydrogen-bond donors (Lipinski definition) is 3. The van der Waals surface area contributed by atoms with Gasteiger partial charge in [-0.2, -0.15) is 10.2 Å². The van der Waals surface area contributed by atoms with Crippen LogP contribution in [0.2, 0.25) is 0 Å². The van der Waals surface area contributed by atoms with Crippen molar-refractivity contribution in [3.8, 4) is 6.07 Å². The standard InChI is InChI=1S/C8H10N6OS/c1-4(10)5(2-9)6(15)3-16-8-12-7(11)13-14-8/h5H,1,3,10H2,(H3,11,12,13,14)/p+1/t5-/m1/s1. The normalized spacial score (nSPS) is 11.8. The molecule has 1 atom stereocenters. The van der Waals surface area contributed by atoms with Crippen molar-refractivity contribution >= 4 is 23.5 Å². The average molecular weight is 239 g/mol. The van der Waals surface area contributed by atoms with E-state index in [0.29, 0.717) is 10.9 Å². The van der Waals surface area contributed by atoms with Crippen molar-refractivity contribution < 1.29 is 10.5 Å². The lowest BCUT2D eigenvalue weighted by Gasteiger charge is -2.02. The van der Waals surface area contributed by atoms with E-state index in [1.54, 1.807) is 0 Å². The molecule has 6 N–H and O–H groups in total. The number of nitrogens with zero attached hydrogens (tertiary/aromatic N) is 3. The number of H-pyrrole nitrogens is 1. The molecule has 0 unspecified atom stereocenters. The van der Waals surface area contributed by atoms with Crippen LogP contribution >= 0.6 is 11.8 Å². The van der Waals surface area contributed by atoms with E-state index >= 15 is 0 Å². The predicted molar refractivity (Wildman–Crippen MR) is 57.7 cm³/mol. The summed E-state index contributed by atoms with van der Waals surface area (Å²) in [4.78, 5) is 15.4. The van der Waals surface area contributed by atoms with E-state index in [-0.39, 0.29) is 17.5 Å². The quantitative estimate of drug-likeness (QED) is 0.560. The average Bonchev–Trinajstić information content (AvgIpc) is 2.62. The van der Waals surface area contributed by atoms with Crippen molar-refractivity contribution in [3.05, 3.63) is 12.3 Å². The zero-order valence-electron chi connectivity index (χ0n) is 8.43. The van der Waals surface area contributed by atoms with Crippen LogP contribution in [0.5, 0.6) is 0 Å². The highest BCUT2D eigenvalue weighted by molar-refractivity contribution is 7.99. The topological polar surface area (TPSA) is 136 Å². The van der Waals surface area contributed by atoms with E-state index in [0.717, 1.165) is 11.8 Å². The molecule has 0 aliphatic carbocycles. The summed E-state index contributed by atoms with van der Waals surface area (Å²) < 4.78 is 0. The minimum atomic E-state index is -0.871. The minimum Gasteiger partial charge on any atom is -0.368 e. The van der Waals surface area contributed by atoms with Crippen molar-refractivity contribution in [3.63, 3.8) is 0 Å². The van der Waals surface area contributed by atoms with Gasteiger partial charge in [0.05, 0.1) is 11.8 Å². The fourth-order valence-electron chi connectivity index (χ4n) is 0.933. The number of aromatic nitrogens is 3. The molecule has 0 radical (unpaired) electrons. The molecule has 0 aliphatic heterocycles. The van der Waals surface area contributed by atoms with Gasteiger partial charge in [-0.1, -0.05) is 11.8 Å². The Morgan fingerprint density at radius 2 is 2.50 bits per heavy atom. The maximum atomic E-state index is 11.6. The first-order chi connectivity index (χ1) is 7.54. The van der Waals surface area contributed by atoms with Crippen molar-refractivity contribution in [2.45, 2.75) is 5.16 Å². The molecule has 1 heterocycles. The number of allylic oxidation sites excluding steroid dienone is 1. The van der Waals surface area contributed by atoms with Gasteiger partial charge >= 0.3 is 0 Å². The SMILES string of the molecule is C=C([NH3+])[C@@H](C#N)C(=O)CSc1n[nH]c(N)n1. The zero-order chi connectivity index (χ0) is 12.1. The monoisotopic (exact) mass is 239 g/mol. The molecule has 0 saturated carbocycles. The van der Waals surface area contributed by atoms with E-state index in [1.807, 2.05) is 6.07 Å². The molecule has 7 nitrogen and oxygen atoms in total. The Hall–Kier alpha value is -1.85. The smallest absolute Gasteiger partial charge is 0.216 e. The number of anilines is 1. The van der Waals surface area contributed by atoms with Crippen LogP contribution in [0.15, 0.2) is 17.4 Å². The highest BCUT2D eigenvalue weighted by Crippen LogP contribution is 2.15. The number of nitrogens with two attached hydrogens (primary N) is 1. The molecule has 0 fully saturated rings. The lowest BCUT2D eigenvalue weighted by Crippen LogP contribution is -2.51. The molecular formula is C8H11N6OS+. The fourth-order valence-corrected chi connectivity index (χ4v) is 1.64. The molecule has 0 saturated heterocycles. The molecule has 1 rings (SSSR count). The molecule has 0 aliphatic rings. The van der Waals surface area contributed by atoms with Crippen LogP contribution in [0.25, 0.3) is 0 Å². The summed E-state index contributed by atoms with van der Waals surface area (Å²) in [6.45, 7) is 3.49. The van der Waals surface area contributed by atoms with Crippen LogP contribution in [-0.4, -0.2) is 26.7 Å². The van der Waals surface area contributed by atoms with Gasteiger partial charge in [-0.3, -0.25) is 4.79 Å². The number of thioether (sulfide) groups is 1. The third-order valence-corrected chi connectivity index (χ3v) is 2.55. The largest absolute Gasteiger partial charge is 0.368 e. The summed E-state index contributed by atoms with van der Waals surface area (Å²) >= 11 is 1.11. The van der Waals surface area contributed by atoms with Gasteiger partial charge in [-0.15, -0.1) is 5.10 Å². The second-order valence-electron chi connectivity index (χ2n) is 2.98. The number of ketones is 1. The van der Waals surface area contributed by atoms with Gasteiger partial charge in [-0.25, -0.2) is 5.10 Å². The first-order valence-corrected chi connectivity index (χ1v) is 5.27. The molecule has 1 aromatic rings. The van der Waals surface area contributed by atoms with Gasteiger partial charge in [-0.05, 0) is 6.58 Å². The lowest BCUT2D eigenvalue weighted by atomic mass is 10.1. The van der Waals surface area contributed by atoms with Crippen LogP contribution in [0.4, 0.5) is 5.95 Å². The second kappa shape index (κ2) is 5.29. The molecule has 1 aromatic heterocycles. The highest BCUT2D eigenvalue weighted by Gasteiger charge is 2.22. The summed E-state index contributed by atoms with van der Waals surface area (Å²) in [7, 11) is 0. The van der Waals surface area contributed by atoms with Gasteiger partial charge in [0.15, 0.2) is 11.7 Å². The number of nitriles is 1. The fraction of sp³-hybridized carbons (Fsp3) is 0.250. The van der Waals surface area contributed by atoms with Crippen molar-refractivity contribution in [2.24, 2.45) is 5.92 Å². The molecule has 0 aromatic carbocycles. The highest BCUT2D eigenvalue weighted by atomic mass is 32.2. The van der Waals surface area contributed by atoms with Crippen molar-refractivity contribution in [2.75, 3.05) is 11.5 Å². The summed E-state index contributed by atoms with van der Waals surface area (Å²) in [5.41, 5.74) is 9.09. The Morgan fingerprint density at radius 1 is 1.81 bits per heavy atom. The number of quaternary nitrogens is 1. The number of nitrogens with one attached hydrogen (secondary N) is 1. The summed E-state index contributed by atoms with van der Waals surface area (Å²) in [6, 6.07) is 1.84. The van der Waals surface area contributed by atoms with E-state index < -0.39 is 5.92 Å². The Labute approximate surface area is 95.9 Å². The number of nitrogen functional groups attached to an aromatic ring is 1. The van der Waals surface area contributed by atoms with Crippen molar-refractivity contribution in [1.82, 2.24) is 15.2 Å². The van der Waals surface area contributed by atoms with Gasteiger partial charge < -0.3 is 11.5 Å². The number of carbonyl (C=O) groups excluding carboxylic acids is 1. The molecule has 0 spiro atoms. The van der Waals surface area contributed by atoms with Crippen LogP contribution < -0.4 is 11.5 Å². The first kappa shape index (κ1) is 12.2.